The van der Waals surface area contributed by atoms with Gasteiger partial charge < -0.3 is 10.3 Å². The molecular weight excluding hydrogens is 236 g/mol. The first-order valence-electron chi connectivity index (χ1n) is 7.80. The van der Waals surface area contributed by atoms with Crippen molar-refractivity contribution in [1.29, 1.82) is 0 Å². The van der Waals surface area contributed by atoms with Crippen LogP contribution in [0.2, 0.25) is 0 Å². The van der Waals surface area contributed by atoms with Gasteiger partial charge in [-0.2, -0.15) is 0 Å². The first-order chi connectivity index (χ1) is 9.33. The van der Waals surface area contributed by atoms with Gasteiger partial charge in [-0.15, -0.1) is 0 Å². The summed E-state index contributed by atoms with van der Waals surface area (Å²) in [4.78, 5) is 15.1. The number of rotatable bonds is 3. The molecule has 0 saturated heterocycles. The van der Waals surface area contributed by atoms with E-state index in [9.17, 15) is 4.79 Å². The number of fused-ring (bicyclic) bond motifs is 1. The van der Waals surface area contributed by atoms with E-state index in [2.05, 4.69) is 16.4 Å². The molecule has 3 heteroatoms. The van der Waals surface area contributed by atoms with Crippen molar-refractivity contribution in [3.8, 4) is 0 Å². The molecule has 3 rings (SSSR count). The molecule has 0 aromatic carbocycles. The third-order valence-corrected chi connectivity index (χ3v) is 4.60. The first-order valence-corrected chi connectivity index (χ1v) is 7.80. The summed E-state index contributed by atoms with van der Waals surface area (Å²) >= 11 is 0. The Balaban J connectivity index is 1.65. The van der Waals surface area contributed by atoms with Crippen LogP contribution in [-0.4, -0.2) is 11.0 Å². The Bertz CT molecular complexity index is 484. The number of hydrogen-bond donors (Lipinski definition) is 2. The van der Waals surface area contributed by atoms with Gasteiger partial charge >= 0.3 is 0 Å². The van der Waals surface area contributed by atoms with E-state index in [-0.39, 0.29) is 5.56 Å². The predicted molar refractivity (Wildman–Crippen MR) is 77.4 cm³/mol. The topological polar surface area (TPSA) is 44.9 Å². The Morgan fingerprint density at radius 2 is 1.89 bits per heavy atom. The first kappa shape index (κ1) is 12.9. The van der Waals surface area contributed by atoms with E-state index in [4.69, 9.17) is 0 Å². The second-order valence-corrected chi connectivity index (χ2v) is 6.05. The average Bonchev–Trinajstić information content (AvgIpc) is 2.70. The number of aromatic nitrogens is 1. The van der Waals surface area contributed by atoms with Crippen LogP contribution in [0, 0.1) is 0 Å². The number of aryl methyl sites for hydroxylation is 2. The molecule has 0 aliphatic heterocycles. The molecule has 0 spiro atoms. The lowest BCUT2D eigenvalue weighted by Gasteiger charge is -2.16. The largest absolute Gasteiger partial charge is 0.326 e. The lowest BCUT2D eigenvalue weighted by atomic mass is 10.1. The summed E-state index contributed by atoms with van der Waals surface area (Å²) in [5, 5.41) is 3.59. The van der Waals surface area contributed by atoms with Crippen molar-refractivity contribution in [3.05, 3.63) is 33.2 Å². The van der Waals surface area contributed by atoms with Crippen LogP contribution in [0.3, 0.4) is 0 Å². The van der Waals surface area contributed by atoms with Crippen LogP contribution in [0.15, 0.2) is 10.9 Å². The summed E-state index contributed by atoms with van der Waals surface area (Å²) < 4.78 is 0. The zero-order chi connectivity index (χ0) is 13.1. The van der Waals surface area contributed by atoms with Crippen LogP contribution >= 0.6 is 0 Å². The highest BCUT2D eigenvalue weighted by Gasteiger charge is 2.15. The van der Waals surface area contributed by atoms with Gasteiger partial charge in [-0.05, 0) is 43.7 Å². The Morgan fingerprint density at radius 1 is 1.11 bits per heavy atom. The minimum atomic E-state index is 0.113. The molecule has 1 aromatic rings. The van der Waals surface area contributed by atoms with E-state index >= 15 is 0 Å². The molecular formula is C16H24N2O. The van der Waals surface area contributed by atoms with Crippen LogP contribution in [-0.2, 0) is 19.4 Å². The lowest BCUT2D eigenvalue weighted by molar-refractivity contribution is 0.458. The molecule has 1 aromatic heterocycles. The van der Waals surface area contributed by atoms with Gasteiger partial charge in [0.05, 0.1) is 0 Å². The highest BCUT2D eigenvalue weighted by atomic mass is 16.1. The van der Waals surface area contributed by atoms with Crippen molar-refractivity contribution < 1.29 is 0 Å². The van der Waals surface area contributed by atoms with Gasteiger partial charge in [0.1, 0.15) is 0 Å². The molecule has 3 nitrogen and oxygen atoms in total. The summed E-state index contributed by atoms with van der Waals surface area (Å²) in [5.41, 5.74) is 3.56. The van der Waals surface area contributed by atoms with E-state index in [0.717, 1.165) is 24.9 Å². The summed E-state index contributed by atoms with van der Waals surface area (Å²) in [6.45, 7) is 0.729. The molecule has 2 aliphatic rings. The van der Waals surface area contributed by atoms with Crippen molar-refractivity contribution in [3.63, 3.8) is 0 Å². The maximum Gasteiger partial charge on any atom is 0.252 e. The summed E-state index contributed by atoms with van der Waals surface area (Å²) in [7, 11) is 0. The number of H-pyrrole nitrogens is 1. The van der Waals surface area contributed by atoms with Crippen molar-refractivity contribution >= 4 is 0 Å². The quantitative estimate of drug-likeness (QED) is 0.821. The predicted octanol–water partition coefficient (Wildman–Crippen LogP) is 2.68. The maximum absolute atomic E-state index is 12.0. The zero-order valence-corrected chi connectivity index (χ0v) is 11.6. The van der Waals surface area contributed by atoms with E-state index in [1.807, 2.05) is 0 Å². The minimum Gasteiger partial charge on any atom is -0.326 e. The lowest BCUT2D eigenvalue weighted by Crippen LogP contribution is -2.30. The third-order valence-electron chi connectivity index (χ3n) is 4.60. The highest BCUT2D eigenvalue weighted by Crippen LogP contribution is 2.20. The number of aromatic amines is 1. The fourth-order valence-electron chi connectivity index (χ4n) is 3.43. The Kier molecular flexibility index (Phi) is 4.02. The second kappa shape index (κ2) is 5.91. The molecule has 0 bridgehead atoms. The minimum absolute atomic E-state index is 0.113. The molecule has 1 fully saturated rings. The summed E-state index contributed by atoms with van der Waals surface area (Å²) in [6, 6.07) is 2.74. The Labute approximate surface area is 114 Å². The average molecular weight is 260 g/mol. The Hall–Kier alpha value is -1.09. The molecule has 1 saturated carbocycles. The van der Waals surface area contributed by atoms with Crippen molar-refractivity contribution in [2.45, 2.75) is 70.4 Å². The molecule has 0 unspecified atom stereocenters. The Morgan fingerprint density at radius 3 is 2.68 bits per heavy atom. The SMILES string of the molecule is O=c1[nH]c2c(cc1CNC1CCCCCC1)CCC2. The molecule has 2 N–H and O–H groups in total. The molecule has 1 heterocycles. The van der Waals surface area contributed by atoms with Crippen LogP contribution in [0.25, 0.3) is 0 Å². The standard InChI is InChI=1S/C16H24N2O/c19-16-13(10-12-6-5-9-15(12)18-16)11-17-14-7-3-1-2-4-8-14/h10,14,17H,1-9,11H2,(H,18,19). The van der Waals surface area contributed by atoms with Crippen molar-refractivity contribution in [2.24, 2.45) is 0 Å². The van der Waals surface area contributed by atoms with Crippen LogP contribution in [0.1, 0.15) is 61.8 Å². The van der Waals surface area contributed by atoms with E-state index in [1.54, 1.807) is 0 Å². The fourth-order valence-corrected chi connectivity index (χ4v) is 3.43. The summed E-state index contributed by atoms with van der Waals surface area (Å²) in [6.07, 6.45) is 11.3. The van der Waals surface area contributed by atoms with E-state index < -0.39 is 0 Å². The molecule has 0 atom stereocenters. The number of pyridine rings is 1. The smallest absolute Gasteiger partial charge is 0.252 e. The molecule has 0 radical (unpaired) electrons. The highest BCUT2D eigenvalue weighted by molar-refractivity contribution is 5.29. The molecule has 0 amide bonds. The second-order valence-electron chi connectivity index (χ2n) is 6.05. The molecule has 104 valence electrons. The fraction of sp³-hybridized carbons (Fsp3) is 0.688. The maximum atomic E-state index is 12.0. The van der Waals surface area contributed by atoms with Crippen LogP contribution in [0.4, 0.5) is 0 Å². The van der Waals surface area contributed by atoms with Crippen LogP contribution in [0.5, 0.6) is 0 Å². The van der Waals surface area contributed by atoms with E-state index in [1.165, 1.54) is 56.2 Å². The van der Waals surface area contributed by atoms with Gasteiger partial charge in [0, 0.05) is 23.8 Å². The molecule has 2 aliphatic carbocycles. The normalized spacial score (nSPS) is 20.2. The van der Waals surface area contributed by atoms with Gasteiger partial charge in [0.2, 0.25) is 0 Å². The van der Waals surface area contributed by atoms with E-state index in [0.29, 0.717) is 6.04 Å². The monoisotopic (exact) mass is 260 g/mol. The van der Waals surface area contributed by atoms with Gasteiger partial charge in [-0.25, -0.2) is 0 Å². The molecule has 19 heavy (non-hydrogen) atoms. The van der Waals surface area contributed by atoms with Crippen LogP contribution < -0.4 is 10.9 Å². The summed E-state index contributed by atoms with van der Waals surface area (Å²) in [5.74, 6) is 0. The zero-order valence-electron chi connectivity index (χ0n) is 11.6. The van der Waals surface area contributed by atoms with Gasteiger partial charge in [0.25, 0.3) is 5.56 Å². The number of hydrogen-bond acceptors (Lipinski definition) is 2. The van der Waals surface area contributed by atoms with Crippen molar-refractivity contribution in [1.82, 2.24) is 10.3 Å². The van der Waals surface area contributed by atoms with Gasteiger partial charge in [-0.1, -0.05) is 25.7 Å². The third kappa shape index (κ3) is 3.08. The number of nitrogens with one attached hydrogen (secondary N) is 2. The van der Waals surface area contributed by atoms with Crippen molar-refractivity contribution in [2.75, 3.05) is 0 Å². The van der Waals surface area contributed by atoms with Gasteiger partial charge in [-0.3, -0.25) is 4.79 Å². The van der Waals surface area contributed by atoms with Gasteiger partial charge in [0.15, 0.2) is 0 Å².